The van der Waals surface area contributed by atoms with Crippen molar-refractivity contribution in [3.05, 3.63) is 28.8 Å². The summed E-state index contributed by atoms with van der Waals surface area (Å²) in [6, 6.07) is 6.05. The Labute approximate surface area is 147 Å². The molecule has 8 heteroatoms. The Kier molecular flexibility index (Phi) is 6.60. The lowest BCUT2D eigenvalue weighted by molar-refractivity contribution is 0.0501. The molecule has 0 atom stereocenters. The number of piperidine rings is 1. The van der Waals surface area contributed by atoms with Crippen LogP contribution in [0.5, 0.6) is 0 Å². The summed E-state index contributed by atoms with van der Waals surface area (Å²) in [4.78, 5) is 11.9. The van der Waals surface area contributed by atoms with Crippen LogP contribution in [0.25, 0.3) is 0 Å². The number of carbonyl (C=O) groups excluding carboxylic acids is 1. The lowest BCUT2D eigenvalue weighted by Crippen LogP contribution is -2.35. The molecule has 1 heterocycles. The van der Waals surface area contributed by atoms with E-state index in [0.29, 0.717) is 25.9 Å². The Morgan fingerprint density at radius 3 is 2.67 bits per heavy atom. The van der Waals surface area contributed by atoms with Crippen LogP contribution < -0.4 is 0 Å². The van der Waals surface area contributed by atoms with Crippen molar-refractivity contribution < 1.29 is 17.9 Å². The Morgan fingerprint density at radius 2 is 2.00 bits per heavy atom. The Morgan fingerprint density at radius 1 is 1.29 bits per heavy atom. The van der Waals surface area contributed by atoms with E-state index in [9.17, 15) is 13.2 Å². The third kappa shape index (κ3) is 4.47. The lowest BCUT2D eigenvalue weighted by atomic mass is 10.2. The largest absolute Gasteiger partial charge is 0.462 e. The summed E-state index contributed by atoms with van der Waals surface area (Å²) >= 11 is 6.06. The van der Waals surface area contributed by atoms with Crippen LogP contribution in [0, 0.1) is 11.3 Å². The van der Waals surface area contributed by atoms with Crippen LogP contribution in [-0.2, 0) is 14.8 Å². The van der Waals surface area contributed by atoms with E-state index in [1.54, 1.807) is 0 Å². The van der Waals surface area contributed by atoms with Crippen LogP contribution in [-0.4, -0.2) is 38.4 Å². The number of ether oxygens (including phenoxy) is 1. The first-order valence-electron chi connectivity index (χ1n) is 7.80. The normalized spacial score (nSPS) is 15.7. The fourth-order valence-electron chi connectivity index (χ4n) is 2.47. The number of nitriles is 1. The molecule has 0 unspecified atom stereocenters. The predicted octanol–water partition coefficient (Wildman–Crippen LogP) is 2.98. The number of esters is 1. The first-order chi connectivity index (χ1) is 11.5. The van der Waals surface area contributed by atoms with Gasteiger partial charge in [0.1, 0.15) is 4.90 Å². The Hall–Kier alpha value is -1.62. The van der Waals surface area contributed by atoms with Gasteiger partial charge in [0, 0.05) is 19.5 Å². The molecule has 0 spiro atoms. The minimum Gasteiger partial charge on any atom is -0.462 e. The molecular weight excluding hydrogens is 352 g/mol. The highest BCUT2D eigenvalue weighted by Gasteiger charge is 2.28. The van der Waals surface area contributed by atoms with Crippen LogP contribution in [0.15, 0.2) is 23.1 Å². The second-order valence-corrected chi connectivity index (χ2v) is 7.82. The summed E-state index contributed by atoms with van der Waals surface area (Å²) in [5.41, 5.74) is 0.131. The number of rotatable bonds is 6. The second kappa shape index (κ2) is 8.47. The van der Waals surface area contributed by atoms with Crippen molar-refractivity contribution in [2.75, 3.05) is 19.7 Å². The molecule has 0 aromatic heterocycles. The molecule has 6 nitrogen and oxygen atoms in total. The van der Waals surface area contributed by atoms with Gasteiger partial charge in [-0.05, 0) is 37.5 Å². The maximum Gasteiger partial charge on any atom is 0.338 e. The highest BCUT2D eigenvalue weighted by molar-refractivity contribution is 7.89. The van der Waals surface area contributed by atoms with Gasteiger partial charge in [-0.2, -0.15) is 9.57 Å². The van der Waals surface area contributed by atoms with Gasteiger partial charge < -0.3 is 4.74 Å². The first-order valence-corrected chi connectivity index (χ1v) is 9.62. The van der Waals surface area contributed by atoms with E-state index in [4.69, 9.17) is 21.6 Å². The van der Waals surface area contributed by atoms with Crippen molar-refractivity contribution in [1.29, 1.82) is 5.26 Å². The van der Waals surface area contributed by atoms with Gasteiger partial charge in [0.05, 0.1) is 23.3 Å². The molecule has 0 amide bonds. The van der Waals surface area contributed by atoms with E-state index >= 15 is 0 Å². The van der Waals surface area contributed by atoms with Gasteiger partial charge in [0.2, 0.25) is 10.0 Å². The molecule has 1 aromatic rings. The lowest BCUT2D eigenvalue weighted by Gasteiger charge is -2.26. The van der Waals surface area contributed by atoms with E-state index < -0.39 is 16.0 Å². The quantitative estimate of drug-likeness (QED) is 0.567. The molecule has 0 bridgehead atoms. The minimum atomic E-state index is -3.73. The van der Waals surface area contributed by atoms with E-state index in [1.165, 1.54) is 22.5 Å². The topological polar surface area (TPSA) is 87.5 Å². The average molecular weight is 371 g/mol. The SMILES string of the molecule is N#CCCCOC(=O)c1ccc(Cl)c(S(=O)(=O)N2CCCCC2)c1. The molecule has 0 N–H and O–H groups in total. The predicted molar refractivity (Wildman–Crippen MR) is 89.2 cm³/mol. The Bertz CT molecular complexity index is 737. The number of unbranched alkanes of at least 4 members (excludes halogenated alkanes) is 1. The van der Waals surface area contributed by atoms with E-state index in [1.807, 2.05) is 6.07 Å². The number of halogens is 1. The van der Waals surface area contributed by atoms with E-state index in [-0.39, 0.29) is 22.1 Å². The minimum absolute atomic E-state index is 0.0717. The van der Waals surface area contributed by atoms with Crippen molar-refractivity contribution in [1.82, 2.24) is 4.31 Å². The zero-order valence-electron chi connectivity index (χ0n) is 13.2. The molecule has 1 saturated heterocycles. The molecule has 1 aliphatic rings. The van der Waals surface area contributed by atoms with Crippen molar-refractivity contribution in [3.8, 4) is 6.07 Å². The molecule has 1 aliphatic heterocycles. The van der Waals surface area contributed by atoms with Crippen molar-refractivity contribution >= 4 is 27.6 Å². The van der Waals surface area contributed by atoms with Crippen LogP contribution in [0.4, 0.5) is 0 Å². The summed E-state index contributed by atoms with van der Waals surface area (Å²) < 4.78 is 31.9. The zero-order valence-corrected chi connectivity index (χ0v) is 14.8. The monoisotopic (exact) mass is 370 g/mol. The smallest absolute Gasteiger partial charge is 0.338 e. The number of sulfonamides is 1. The van der Waals surface area contributed by atoms with Crippen molar-refractivity contribution in [2.24, 2.45) is 0 Å². The highest BCUT2D eigenvalue weighted by Crippen LogP contribution is 2.28. The standard InChI is InChI=1S/C16H19ClN2O4S/c17-14-7-6-13(16(20)23-11-5-2-8-18)12-15(14)24(21,22)19-9-3-1-4-10-19/h6-7,12H,1-5,9-11H2. The van der Waals surface area contributed by atoms with Crippen molar-refractivity contribution in [2.45, 2.75) is 37.0 Å². The summed E-state index contributed by atoms with van der Waals surface area (Å²) in [6.45, 7) is 1.03. The fraction of sp³-hybridized carbons (Fsp3) is 0.500. The molecule has 130 valence electrons. The molecule has 2 rings (SSSR count). The Balaban J connectivity index is 2.19. The van der Waals surface area contributed by atoms with Gasteiger partial charge in [0.25, 0.3) is 0 Å². The molecule has 0 saturated carbocycles. The summed E-state index contributed by atoms with van der Waals surface area (Å²) in [5, 5.41) is 8.54. The summed E-state index contributed by atoms with van der Waals surface area (Å²) in [7, 11) is -3.73. The highest BCUT2D eigenvalue weighted by atomic mass is 35.5. The van der Waals surface area contributed by atoms with Gasteiger partial charge in [-0.1, -0.05) is 18.0 Å². The number of benzene rings is 1. The molecule has 24 heavy (non-hydrogen) atoms. The van der Waals surface area contributed by atoms with Crippen molar-refractivity contribution in [3.63, 3.8) is 0 Å². The number of hydrogen-bond acceptors (Lipinski definition) is 5. The third-order valence-electron chi connectivity index (χ3n) is 3.77. The molecule has 0 radical (unpaired) electrons. The number of hydrogen-bond donors (Lipinski definition) is 0. The van der Waals surface area contributed by atoms with E-state index in [0.717, 1.165) is 19.3 Å². The zero-order chi connectivity index (χ0) is 17.6. The first kappa shape index (κ1) is 18.7. The molecule has 1 fully saturated rings. The van der Waals surface area contributed by atoms with Gasteiger partial charge >= 0.3 is 5.97 Å². The second-order valence-electron chi connectivity index (χ2n) is 5.51. The molecular formula is C16H19ClN2O4S. The maximum atomic E-state index is 12.7. The number of nitrogens with zero attached hydrogens (tertiary/aromatic N) is 2. The van der Waals surface area contributed by atoms with Gasteiger partial charge in [0.15, 0.2) is 0 Å². The van der Waals surface area contributed by atoms with Gasteiger partial charge in [-0.3, -0.25) is 0 Å². The average Bonchev–Trinajstić information content (AvgIpc) is 2.59. The molecule has 0 aliphatic carbocycles. The van der Waals surface area contributed by atoms with Crippen LogP contribution >= 0.6 is 11.6 Å². The molecule has 1 aromatic carbocycles. The maximum absolute atomic E-state index is 12.7. The third-order valence-corrected chi connectivity index (χ3v) is 6.15. The fourth-order valence-corrected chi connectivity index (χ4v) is 4.49. The van der Waals surface area contributed by atoms with Crippen LogP contribution in [0.1, 0.15) is 42.5 Å². The summed E-state index contributed by atoms with van der Waals surface area (Å²) in [6.07, 6.45) is 3.38. The van der Waals surface area contributed by atoms with Crippen LogP contribution in [0.3, 0.4) is 0 Å². The van der Waals surface area contributed by atoms with Gasteiger partial charge in [-0.15, -0.1) is 0 Å². The van der Waals surface area contributed by atoms with Gasteiger partial charge in [-0.25, -0.2) is 13.2 Å². The van der Waals surface area contributed by atoms with Crippen LogP contribution in [0.2, 0.25) is 5.02 Å². The number of carbonyl (C=O) groups is 1. The summed E-state index contributed by atoms with van der Waals surface area (Å²) in [5.74, 6) is -0.625. The van der Waals surface area contributed by atoms with E-state index in [2.05, 4.69) is 0 Å².